The van der Waals surface area contributed by atoms with Crippen LogP contribution in [0.2, 0.25) is 0 Å². The molecule has 1 aromatic carbocycles. The summed E-state index contributed by atoms with van der Waals surface area (Å²) in [4.78, 5) is 52.5. The monoisotopic (exact) mass is 478 g/mol. The lowest BCUT2D eigenvalue weighted by atomic mass is 9.85. The molecular formula is C26H30N4O5. The number of carbonyl (C=O) groups excluding carboxylic acids is 4. The number of likely N-dealkylation sites (tertiary alicyclic amines) is 1. The van der Waals surface area contributed by atoms with Gasteiger partial charge in [0.2, 0.25) is 17.7 Å². The number of benzene rings is 1. The predicted molar refractivity (Wildman–Crippen MR) is 129 cm³/mol. The fourth-order valence-corrected chi connectivity index (χ4v) is 4.61. The van der Waals surface area contributed by atoms with E-state index in [0.29, 0.717) is 30.6 Å². The van der Waals surface area contributed by atoms with Gasteiger partial charge in [0.15, 0.2) is 5.69 Å². The lowest BCUT2D eigenvalue weighted by Crippen LogP contribution is -2.48. The number of rotatable bonds is 8. The zero-order valence-corrected chi connectivity index (χ0v) is 20.1. The zero-order chi connectivity index (χ0) is 25.1. The van der Waals surface area contributed by atoms with Crippen molar-refractivity contribution in [2.45, 2.75) is 46.1 Å². The lowest BCUT2D eigenvalue weighted by Gasteiger charge is -2.27. The van der Waals surface area contributed by atoms with Gasteiger partial charge in [-0.1, -0.05) is 26.0 Å². The van der Waals surface area contributed by atoms with Crippen molar-refractivity contribution in [2.24, 2.45) is 17.8 Å². The highest BCUT2D eigenvalue weighted by Crippen LogP contribution is 2.37. The van der Waals surface area contributed by atoms with Gasteiger partial charge in [-0.15, -0.1) is 0 Å². The highest BCUT2D eigenvalue weighted by atomic mass is 16.5. The van der Waals surface area contributed by atoms with Crippen LogP contribution in [0.5, 0.6) is 0 Å². The molecular weight excluding hydrogens is 448 g/mol. The Balaban J connectivity index is 1.48. The van der Waals surface area contributed by atoms with Crippen LogP contribution in [0.3, 0.4) is 0 Å². The molecule has 0 spiro atoms. The molecule has 9 heteroatoms. The Hall–Kier alpha value is -3.75. The van der Waals surface area contributed by atoms with Gasteiger partial charge in [-0.25, -0.2) is 9.48 Å². The second-order valence-corrected chi connectivity index (χ2v) is 9.25. The van der Waals surface area contributed by atoms with E-state index in [-0.39, 0.29) is 47.8 Å². The number of nitrogens with zero attached hydrogens (tertiary/aromatic N) is 3. The first-order valence-corrected chi connectivity index (χ1v) is 12.0. The molecule has 0 bridgehead atoms. The lowest BCUT2D eigenvalue weighted by molar-refractivity contribution is -0.147. The topological polar surface area (TPSA) is 111 Å². The average molecular weight is 479 g/mol. The maximum atomic E-state index is 13.3. The van der Waals surface area contributed by atoms with Gasteiger partial charge < -0.3 is 10.1 Å². The molecule has 1 N–H and O–H groups in total. The third-order valence-electron chi connectivity index (χ3n) is 6.32. The largest absolute Gasteiger partial charge is 0.461 e. The van der Waals surface area contributed by atoms with Gasteiger partial charge in [0.05, 0.1) is 24.1 Å². The Kier molecular flexibility index (Phi) is 7.14. The summed E-state index contributed by atoms with van der Waals surface area (Å²) >= 11 is 0. The highest BCUT2D eigenvalue weighted by molar-refractivity contribution is 6.10. The second-order valence-electron chi connectivity index (χ2n) is 9.25. The van der Waals surface area contributed by atoms with Gasteiger partial charge in [0.25, 0.3) is 0 Å². The number of aromatic nitrogens is 2. The molecule has 2 aromatic rings. The molecule has 9 nitrogen and oxygen atoms in total. The van der Waals surface area contributed by atoms with Gasteiger partial charge >= 0.3 is 5.97 Å². The fraction of sp³-hybridized carbons (Fsp3) is 0.423. The molecule has 3 atom stereocenters. The van der Waals surface area contributed by atoms with E-state index in [9.17, 15) is 19.2 Å². The zero-order valence-electron chi connectivity index (χ0n) is 20.1. The summed E-state index contributed by atoms with van der Waals surface area (Å²) in [5.41, 5.74) is 1.43. The van der Waals surface area contributed by atoms with Crippen molar-refractivity contribution < 1.29 is 23.9 Å². The van der Waals surface area contributed by atoms with Crippen molar-refractivity contribution in [1.82, 2.24) is 14.7 Å². The van der Waals surface area contributed by atoms with Gasteiger partial charge in [-0.2, -0.15) is 5.10 Å². The molecule has 0 radical (unpaired) electrons. The number of ether oxygens (including phenoxy) is 1. The number of allylic oxidation sites excluding steroid dienone is 2. The van der Waals surface area contributed by atoms with Crippen LogP contribution in [-0.4, -0.2) is 51.0 Å². The van der Waals surface area contributed by atoms with E-state index in [1.54, 1.807) is 43.5 Å². The van der Waals surface area contributed by atoms with E-state index in [0.717, 1.165) is 0 Å². The SMILES string of the molecule is CCOC(=O)c1ccn(-c2ccc(NC(=O)C(CC(C)C)N3C(=O)C4CC=CCC4C3=O)cc2)n1. The molecule has 1 aliphatic heterocycles. The molecule has 2 heterocycles. The van der Waals surface area contributed by atoms with E-state index in [2.05, 4.69) is 10.4 Å². The smallest absolute Gasteiger partial charge is 0.358 e. The number of imide groups is 1. The van der Waals surface area contributed by atoms with Gasteiger partial charge in [-0.3, -0.25) is 19.3 Å². The summed E-state index contributed by atoms with van der Waals surface area (Å²) in [5, 5.41) is 7.08. The number of nitrogens with one attached hydrogen (secondary N) is 1. The Bertz CT molecular complexity index is 1120. The summed E-state index contributed by atoms with van der Waals surface area (Å²) in [6.45, 7) is 5.92. The summed E-state index contributed by atoms with van der Waals surface area (Å²) < 4.78 is 6.50. The number of amides is 3. The maximum absolute atomic E-state index is 13.3. The summed E-state index contributed by atoms with van der Waals surface area (Å²) in [5.74, 6) is -2.02. The van der Waals surface area contributed by atoms with Crippen LogP contribution in [0.4, 0.5) is 5.69 Å². The summed E-state index contributed by atoms with van der Waals surface area (Å²) in [7, 11) is 0. The maximum Gasteiger partial charge on any atom is 0.358 e. The van der Waals surface area contributed by atoms with Crippen molar-refractivity contribution in [3.05, 3.63) is 54.4 Å². The van der Waals surface area contributed by atoms with Crippen LogP contribution in [-0.2, 0) is 19.1 Å². The van der Waals surface area contributed by atoms with Crippen LogP contribution >= 0.6 is 0 Å². The minimum Gasteiger partial charge on any atom is -0.461 e. The van der Waals surface area contributed by atoms with E-state index in [1.807, 2.05) is 26.0 Å². The number of fused-ring (bicyclic) bond motifs is 1. The van der Waals surface area contributed by atoms with E-state index >= 15 is 0 Å². The van der Waals surface area contributed by atoms with Crippen molar-refractivity contribution in [2.75, 3.05) is 11.9 Å². The number of hydrogen-bond donors (Lipinski definition) is 1. The number of esters is 1. The third kappa shape index (κ3) is 5.03. The molecule has 4 rings (SSSR count). The van der Waals surface area contributed by atoms with Crippen LogP contribution in [0.15, 0.2) is 48.7 Å². The van der Waals surface area contributed by atoms with Crippen molar-refractivity contribution in [1.29, 1.82) is 0 Å². The number of hydrogen-bond acceptors (Lipinski definition) is 6. The fourth-order valence-electron chi connectivity index (χ4n) is 4.61. The summed E-state index contributed by atoms with van der Waals surface area (Å²) in [6.07, 6.45) is 6.98. The molecule has 1 aliphatic carbocycles. The van der Waals surface area contributed by atoms with Crippen molar-refractivity contribution in [3.63, 3.8) is 0 Å². The van der Waals surface area contributed by atoms with Crippen molar-refractivity contribution in [3.8, 4) is 5.69 Å². The van der Waals surface area contributed by atoms with E-state index in [1.165, 1.54) is 9.58 Å². The van der Waals surface area contributed by atoms with Gasteiger partial charge in [0, 0.05) is 11.9 Å². The molecule has 1 fully saturated rings. The van der Waals surface area contributed by atoms with Crippen LogP contribution < -0.4 is 5.32 Å². The predicted octanol–water partition coefficient (Wildman–Crippen LogP) is 3.35. The minimum absolute atomic E-state index is 0.114. The first-order chi connectivity index (χ1) is 16.8. The number of anilines is 1. The molecule has 2 aliphatic rings. The minimum atomic E-state index is -0.862. The standard InChI is InChI=1S/C26H30N4O5/c1-4-35-26(34)21-13-14-29(28-21)18-11-9-17(10-12-18)27-23(31)22(15-16(2)3)30-24(32)19-7-5-6-8-20(19)25(30)33/h5-6,9-14,16,19-20,22H,4,7-8,15H2,1-3H3,(H,27,31). The molecule has 1 aromatic heterocycles. The Labute approximate surface area is 204 Å². The van der Waals surface area contributed by atoms with Gasteiger partial charge in [-0.05, 0) is 62.4 Å². The van der Waals surface area contributed by atoms with Crippen LogP contribution in [0.1, 0.15) is 50.5 Å². The molecule has 3 amide bonds. The molecule has 3 unspecified atom stereocenters. The quantitative estimate of drug-likeness (QED) is 0.354. The first kappa shape index (κ1) is 24.4. The molecule has 1 saturated heterocycles. The molecule has 35 heavy (non-hydrogen) atoms. The average Bonchev–Trinajstić information content (AvgIpc) is 3.42. The van der Waals surface area contributed by atoms with Crippen molar-refractivity contribution >= 4 is 29.4 Å². The first-order valence-electron chi connectivity index (χ1n) is 12.0. The Morgan fingerprint density at radius 1 is 1.06 bits per heavy atom. The Morgan fingerprint density at radius 2 is 1.69 bits per heavy atom. The van der Waals surface area contributed by atoms with E-state index in [4.69, 9.17) is 4.74 Å². The normalized spacial score (nSPS) is 20.2. The van der Waals surface area contributed by atoms with E-state index < -0.39 is 12.0 Å². The molecule has 184 valence electrons. The molecule has 0 saturated carbocycles. The summed E-state index contributed by atoms with van der Waals surface area (Å²) in [6, 6.07) is 7.63. The second kappa shape index (κ2) is 10.2. The third-order valence-corrected chi connectivity index (χ3v) is 6.32. The number of carbonyl (C=O) groups is 4. The van der Waals surface area contributed by atoms with Gasteiger partial charge in [0.1, 0.15) is 6.04 Å². The van der Waals surface area contributed by atoms with Crippen LogP contribution in [0, 0.1) is 17.8 Å². The highest BCUT2D eigenvalue weighted by Gasteiger charge is 2.51. The Morgan fingerprint density at radius 3 is 2.26 bits per heavy atom. The van der Waals surface area contributed by atoms with Crippen LogP contribution in [0.25, 0.3) is 5.69 Å².